The van der Waals surface area contributed by atoms with Gasteiger partial charge >= 0.3 is 0 Å². The van der Waals surface area contributed by atoms with Crippen LogP contribution in [-0.4, -0.2) is 39.5 Å². The quantitative estimate of drug-likeness (QED) is 0.431. The molecule has 26 heavy (non-hydrogen) atoms. The number of aliphatic imine (C=N–C) groups is 1. The lowest BCUT2D eigenvalue weighted by atomic mass is 10.2. The Morgan fingerprint density at radius 1 is 1.08 bits per heavy atom. The number of hydrogen-bond acceptors (Lipinski definition) is 4. The zero-order valence-electron chi connectivity index (χ0n) is 15.3. The summed E-state index contributed by atoms with van der Waals surface area (Å²) in [4.78, 5) is 5.80. The Bertz CT molecular complexity index is 820. The van der Waals surface area contributed by atoms with E-state index >= 15 is 0 Å². The molecule has 5 nitrogen and oxygen atoms in total. The molecule has 0 saturated carbocycles. The summed E-state index contributed by atoms with van der Waals surface area (Å²) in [6.07, 6.45) is 1.21. The first-order chi connectivity index (χ1) is 12.4. The van der Waals surface area contributed by atoms with Gasteiger partial charge in [-0.2, -0.15) is 0 Å². The van der Waals surface area contributed by atoms with Crippen molar-refractivity contribution in [2.24, 2.45) is 4.99 Å². The molecule has 0 amide bonds. The third kappa shape index (κ3) is 6.72. The van der Waals surface area contributed by atoms with Gasteiger partial charge in [0, 0.05) is 36.5 Å². The van der Waals surface area contributed by atoms with Crippen LogP contribution in [-0.2, 0) is 16.4 Å². The fourth-order valence-electron chi connectivity index (χ4n) is 2.27. The first-order valence-corrected chi connectivity index (χ1v) is 11.1. The van der Waals surface area contributed by atoms with Gasteiger partial charge in [0.05, 0.1) is 4.90 Å². The van der Waals surface area contributed by atoms with E-state index in [0.29, 0.717) is 16.7 Å². The average molecular weight is 392 g/mol. The number of rotatable bonds is 7. The Labute approximate surface area is 160 Å². The highest BCUT2D eigenvalue weighted by Gasteiger charge is 2.08. The van der Waals surface area contributed by atoms with E-state index in [1.807, 2.05) is 42.1 Å². The maximum Gasteiger partial charge on any atom is 0.191 e. The van der Waals surface area contributed by atoms with Crippen molar-refractivity contribution >= 4 is 27.6 Å². The predicted molar refractivity (Wildman–Crippen MR) is 110 cm³/mol. The largest absolute Gasteiger partial charge is 0.355 e. The van der Waals surface area contributed by atoms with Crippen LogP contribution in [0.5, 0.6) is 0 Å². The summed E-state index contributed by atoms with van der Waals surface area (Å²) < 4.78 is 23.0. The van der Waals surface area contributed by atoms with Gasteiger partial charge in [-0.1, -0.05) is 37.3 Å². The molecular weight excluding hydrogens is 366 g/mol. The molecular formula is C19H25N3O2S2. The minimum Gasteiger partial charge on any atom is -0.355 e. The molecule has 2 N–H and O–H groups in total. The number of hydrogen-bond donors (Lipinski definition) is 2. The lowest BCUT2D eigenvalue weighted by Crippen LogP contribution is -2.39. The maximum atomic E-state index is 11.5. The summed E-state index contributed by atoms with van der Waals surface area (Å²) in [5.41, 5.74) is 0.993. The molecule has 0 aliphatic heterocycles. The van der Waals surface area contributed by atoms with Gasteiger partial charge in [-0.25, -0.2) is 8.42 Å². The van der Waals surface area contributed by atoms with Crippen LogP contribution in [0.1, 0.15) is 12.5 Å². The summed E-state index contributed by atoms with van der Waals surface area (Å²) >= 11 is 1.81. The van der Waals surface area contributed by atoms with Crippen molar-refractivity contribution in [3.05, 3.63) is 60.2 Å². The standard InChI is InChI=1S/C19H25N3O2S2/c1-15(25-17-7-5-4-6-8-17)13-21-19(20-2)22-14-16-9-11-18(12-10-16)26(3,23)24/h4-12,15H,13-14H2,1-3H3,(H2,20,21,22). The Balaban J connectivity index is 1.80. The van der Waals surface area contributed by atoms with Crippen LogP contribution in [0.15, 0.2) is 69.4 Å². The van der Waals surface area contributed by atoms with Gasteiger partial charge in [-0.3, -0.25) is 4.99 Å². The van der Waals surface area contributed by atoms with E-state index in [-0.39, 0.29) is 0 Å². The molecule has 0 saturated heterocycles. The number of guanidine groups is 1. The molecule has 2 rings (SSSR count). The third-order valence-corrected chi connectivity index (χ3v) is 5.91. The van der Waals surface area contributed by atoms with Crippen molar-refractivity contribution in [3.8, 4) is 0 Å². The van der Waals surface area contributed by atoms with E-state index in [1.165, 1.54) is 11.2 Å². The molecule has 0 aromatic heterocycles. The molecule has 0 radical (unpaired) electrons. The van der Waals surface area contributed by atoms with Crippen LogP contribution in [0.25, 0.3) is 0 Å². The van der Waals surface area contributed by atoms with Crippen LogP contribution < -0.4 is 10.6 Å². The van der Waals surface area contributed by atoms with Gasteiger partial charge < -0.3 is 10.6 Å². The van der Waals surface area contributed by atoms with Crippen LogP contribution in [0.2, 0.25) is 0 Å². The molecule has 2 aromatic carbocycles. The van der Waals surface area contributed by atoms with Crippen LogP contribution in [0, 0.1) is 0 Å². The second-order valence-corrected chi connectivity index (χ2v) is 9.49. The minimum atomic E-state index is -3.16. The summed E-state index contributed by atoms with van der Waals surface area (Å²) in [7, 11) is -1.43. The van der Waals surface area contributed by atoms with Crippen LogP contribution >= 0.6 is 11.8 Å². The van der Waals surface area contributed by atoms with Crippen molar-refractivity contribution in [1.29, 1.82) is 0 Å². The molecule has 140 valence electrons. The van der Waals surface area contributed by atoms with Gasteiger partial charge in [-0.05, 0) is 29.8 Å². The molecule has 0 heterocycles. The van der Waals surface area contributed by atoms with Crippen LogP contribution in [0.3, 0.4) is 0 Å². The summed E-state index contributed by atoms with van der Waals surface area (Å²) in [5, 5.41) is 6.95. The Kier molecular flexibility index (Phi) is 7.53. The average Bonchev–Trinajstić information content (AvgIpc) is 2.62. The highest BCUT2D eigenvalue weighted by atomic mass is 32.2. The van der Waals surface area contributed by atoms with E-state index in [2.05, 4.69) is 34.7 Å². The van der Waals surface area contributed by atoms with E-state index in [0.717, 1.165) is 18.1 Å². The van der Waals surface area contributed by atoms with Crippen molar-refractivity contribution in [2.45, 2.75) is 28.5 Å². The number of nitrogens with zero attached hydrogens (tertiary/aromatic N) is 1. The Morgan fingerprint density at radius 2 is 1.73 bits per heavy atom. The van der Waals surface area contributed by atoms with E-state index in [1.54, 1.807) is 19.2 Å². The normalized spacial score (nSPS) is 13.3. The third-order valence-electron chi connectivity index (χ3n) is 3.67. The highest BCUT2D eigenvalue weighted by molar-refractivity contribution is 8.00. The highest BCUT2D eigenvalue weighted by Crippen LogP contribution is 2.21. The van der Waals surface area contributed by atoms with Crippen molar-refractivity contribution in [3.63, 3.8) is 0 Å². The summed E-state index contributed by atoms with van der Waals surface area (Å²) in [6.45, 7) is 3.53. The predicted octanol–water partition coefficient (Wildman–Crippen LogP) is 2.94. The zero-order valence-corrected chi connectivity index (χ0v) is 16.9. The first-order valence-electron chi connectivity index (χ1n) is 8.33. The molecule has 0 spiro atoms. The fraction of sp³-hybridized carbons (Fsp3) is 0.316. The maximum absolute atomic E-state index is 11.5. The fourth-order valence-corrected chi connectivity index (χ4v) is 3.85. The molecule has 1 unspecified atom stereocenters. The first kappa shape index (κ1) is 20.3. The zero-order chi connectivity index (χ0) is 19.0. The lowest BCUT2D eigenvalue weighted by molar-refractivity contribution is 0.602. The number of thioether (sulfide) groups is 1. The summed E-state index contributed by atoms with van der Waals surface area (Å²) in [6, 6.07) is 17.2. The van der Waals surface area contributed by atoms with Gasteiger partial charge in [-0.15, -0.1) is 11.8 Å². The van der Waals surface area contributed by atoms with Gasteiger partial charge in [0.1, 0.15) is 0 Å². The van der Waals surface area contributed by atoms with E-state index < -0.39 is 9.84 Å². The monoisotopic (exact) mass is 391 g/mol. The minimum absolute atomic E-state index is 0.329. The Morgan fingerprint density at radius 3 is 2.31 bits per heavy atom. The lowest BCUT2D eigenvalue weighted by Gasteiger charge is -2.16. The molecule has 0 bridgehead atoms. The summed E-state index contributed by atoms with van der Waals surface area (Å²) in [5.74, 6) is 0.720. The second-order valence-electron chi connectivity index (χ2n) is 5.96. The van der Waals surface area contributed by atoms with E-state index in [4.69, 9.17) is 0 Å². The molecule has 0 aliphatic rings. The van der Waals surface area contributed by atoms with Gasteiger partial charge in [0.15, 0.2) is 15.8 Å². The Hall–Kier alpha value is -1.99. The van der Waals surface area contributed by atoms with Gasteiger partial charge in [0.2, 0.25) is 0 Å². The molecule has 0 aliphatic carbocycles. The van der Waals surface area contributed by atoms with E-state index in [9.17, 15) is 8.42 Å². The topological polar surface area (TPSA) is 70.6 Å². The van der Waals surface area contributed by atoms with Gasteiger partial charge in [0.25, 0.3) is 0 Å². The molecule has 1 atom stereocenters. The van der Waals surface area contributed by atoms with Crippen molar-refractivity contribution < 1.29 is 8.42 Å². The molecule has 0 fully saturated rings. The SMILES string of the molecule is CN=C(NCc1ccc(S(C)(=O)=O)cc1)NCC(C)Sc1ccccc1. The number of sulfone groups is 1. The second kappa shape index (κ2) is 9.64. The number of nitrogens with one attached hydrogen (secondary N) is 2. The molecule has 7 heteroatoms. The van der Waals surface area contributed by atoms with Crippen molar-refractivity contribution in [2.75, 3.05) is 19.8 Å². The van der Waals surface area contributed by atoms with Crippen molar-refractivity contribution in [1.82, 2.24) is 10.6 Å². The smallest absolute Gasteiger partial charge is 0.191 e. The van der Waals surface area contributed by atoms with Crippen LogP contribution in [0.4, 0.5) is 0 Å². The number of benzene rings is 2. The molecule has 2 aromatic rings.